The molecule has 0 spiro atoms. The molecule has 1 aromatic rings. The monoisotopic (exact) mass is 249 g/mol. The summed E-state index contributed by atoms with van der Waals surface area (Å²) in [4.78, 5) is 4.30. The van der Waals surface area contributed by atoms with Crippen LogP contribution in [-0.4, -0.2) is 35.9 Å². The van der Waals surface area contributed by atoms with Crippen molar-refractivity contribution in [2.24, 2.45) is 5.92 Å². The molecule has 2 aliphatic rings. The van der Waals surface area contributed by atoms with E-state index in [9.17, 15) is 0 Å². The highest BCUT2D eigenvalue weighted by Gasteiger charge is 2.21. The van der Waals surface area contributed by atoms with Crippen LogP contribution < -0.4 is 5.32 Å². The van der Waals surface area contributed by atoms with Gasteiger partial charge in [-0.3, -0.25) is 0 Å². The molecular formula is C14H23N3O. The Morgan fingerprint density at radius 2 is 2.33 bits per heavy atom. The van der Waals surface area contributed by atoms with Crippen molar-refractivity contribution < 1.29 is 4.74 Å². The Hall–Kier alpha value is -0.870. The molecule has 1 unspecified atom stereocenters. The summed E-state index contributed by atoms with van der Waals surface area (Å²) in [6.07, 6.45) is 9.26. The molecule has 1 aliphatic heterocycles. The quantitative estimate of drug-likeness (QED) is 0.781. The van der Waals surface area contributed by atoms with Crippen LogP contribution in [0.25, 0.3) is 0 Å². The molecule has 1 saturated heterocycles. The zero-order chi connectivity index (χ0) is 12.2. The van der Waals surface area contributed by atoms with Crippen LogP contribution in [0.5, 0.6) is 0 Å². The molecule has 4 heteroatoms. The van der Waals surface area contributed by atoms with E-state index >= 15 is 0 Å². The summed E-state index contributed by atoms with van der Waals surface area (Å²) >= 11 is 0. The van der Waals surface area contributed by atoms with Gasteiger partial charge in [-0.25, -0.2) is 4.98 Å². The highest BCUT2D eigenvalue weighted by Crippen LogP contribution is 2.28. The molecule has 18 heavy (non-hydrogen) atoms. The van der Waals surface area contributed by atoms with E-state index in [-0.39, 0.29) is 0 Å². The fourth-order valence-electron chi connectivity index (χ4n) is 2.66. The Labute approximate surface area is 109 Å². The first-order chi connectivity index (χ1) is 8.93. The van der Waals surface area contributed by atoms with E-state index in [1.54, 1.807) is 0 Å². The summed E-state index contributed by atoms with van der Waals surface area (Å²) in [5.74, 6) is 1.49. The normalized spacial score (nSPS) is 24.3. The van der Waals surface area contributed by atoms with Gasteiger partial charge in [-0.15, -0.1) is 0 Å². The average molecular weight is 249 g/mol. The molecule has 4 nitrogen and oxygen atoms in total. The number of aromatic nitrogens is 2. The number of rotatable bonds is 6. The number of imidazole rings is 1. The maximum Gasteiger partial charge on any atom is 0.0949 e. The second-order valence-electron chi connectivity index (χ2n) is 5.57. The second kappa shape index (κ2) is 5.85. The molecule has 1 N–H and O–H groups in total. The molecule has 2 fully saturated rings. The number of nitrogens with zero attached hydrogens (tertiary/aromatic N) is 2. The zero-order valence-electron chi connectivity index (χ0n) is 11.0. The number of piperidine rings is 1. The van der Waals surface area contributed by atoms with Gasteiger partial charge in [0.15, 0.2) is 0 Å². The van der Waals surface area contributed by atoms with Gasteiger partial charge in [0.05, 0.1) is 12.9 Å². The summed E-state index contributed by atoms with van der Waals surface area (Å²) in [7, 11) is 0. The van der Waals surface area contributed by atoms with Crippen molar-refractivity contribution in [2.75, 3.05) is 26.3 Å². The standard InChI is InChI=1S/C14H23N3O/c1-2-13(8-15-5-1)14-9-16-11-17(14)6-7-18-10-12-3-4-12/h9,11-13,15H,1-8,10H2. The van der Waals surface area contributed by atoms with Crippen LogP contribution in [0, 0.1) is 5.92 Å². The minimum Gasteiger partial charge on any atom is -0.379 e. The Bertz CT molecular complexity index is 367. The lowest BCUT2D eigenvalue weighted by atomic mass is 9.96. The van der Waals surface area contributed by atoms with Gasteiger partial charge in [-0.1, -0.05) is 0 Å². The van der Waals surface area contributed by atoms with Crippen molar-refractivity contribution in [1.29, 1.82) is 0 Å². The number of hydrogen-bond acceptors (Lipinski definition) is 3. The maximum atomic E-state index is 5.71. The molecule has 1 aliphatic carbocycles. The van der Waals surface area contributed by atoms with Crippen LogP contribution in [0.2, 0.25) is 0 Å². The second-order valence-corrected chi connectivity index (χ2v) is 5.57. The van der Waals surface area contributed by atoms with E-state index in [1.807, 2.05) is 12.5 Å². The molecule has 1 saturated carbocycles. The lowest BCUT2D eigenvalue weighted by Crippen LogP contribution is -2.29. The molecule has 0 amide bonds. The predicted molar refractivity (Wildman–Crippen MR) is 70.6 cm³/mol. The van der Waals surface area contributed by atoms with Crippen molar-refractivity contribution in [2.45, 2.75) is 38.1 Å². The summed E-state index contributed by atoms with van der Waals surface area (Å²) in [6.45, 7) is 4.97. The Balaban J connectivity index is 1.49. The third kappa shape index (κ3) is 3.12. The summed E-state index contributed by atoms with van der Waals surface area (Å²) in [5.41, 5.74) is 1.37. The fourth-order valence-corrected chi connectivity index (χ4v) is 2.66. The maximum absolute atomic E-state index is 5.71. The summed E-state index contributed by atoms with van der Waals surface area (Å²) < 4.78 is 7.98. The van der Waals surface area contributed by atoms with Gasteiger partial charge in [-0.05, 0) is 38.1 Å². The minimum atomic E-state index is 0.629. The van der Waals surface area contributed by atoms with Crippen LogP contribution in [-0.2, 0) is 11.3 Å². The third-order valence-electron chi connectivity index (χ3n) is 3.99. The largest absolute Gasteiger partial charge is 0.379 e. The van der Waals surface area contributed by atoms with Crippen molar-refractivity contribution in [3.05, 3.63) is 18.2 Å². The smallest absolute Gasteiger partial charge is 0.0949 e. The fraction of sp³-hybridized carbons (Fsp3) is 0.786. The first kappa shape index (κ1) is 12.2. The lowest BCUT2D eigenvalue weighted by Gasteiger charge is -2.23. The highest BCUT2D eigenvalue weighted by atomic mass is 16.5. The first-order valence-electron chi connectivity index (χ1n) is 7.22. The lowest BCUT2D eigenvalue weighted by molar-refractivity contribution is 0.116. The topological polar surface area (TPSA) is 39.1 Å². The Kier molecular flexibility index (Phi) is 3.96. The Morgan fingerprint density at radius 1 is 1.39 bits per heavy atom. The van der Waals surface area contributed by atoms with E-state index in [0.29, 0.717) is 5.92 Å². The average Bonchev–Trinajstić information content (AvgIpc) is 3.12. The third-order valence-corrected chi connectivity index (χ3v) is 3.99. The molecule has 1 aromatic heterocycles. The van der Waals surface area contributed by atoms with E-state index < -0.39 is 0 Å². The van der Waals surface area contributed by atoms with E-state index in [4.69, 9.17) is 4.74 Å². The zero-order valence-corrected chi connectivity index (χ0v) is 11.0. The first-order valence-corrected chi connectivity index (χ1v) is 7.22. The van der Waals surface area contributed by atoms with Crippen molar-refractivity contribution in [1.82, 2.24) is 14.9 Å². The van der Waals surface area contributed by atoms with Gasteiger partial charge in [0.2, 0.25) is 0 Å². The summed E-state index contributed by atoms with van der Waals surface area (Å²) in [5, 5.41) is 3.47. The number of ether oxygens (including phenoxy) is 1. The molecule has 2 heterocycles. The van der Waals surface area contributed by atoms with Gasteiger partial charge in [-0.2, -0.15) is 0 Å². The predicted octanol–water partition coefficient (Wildman–Crippen LogP) is 1.78. The van der Waals surface area contributed by atoms with Gasteiger partial charge in [0.1, 0.15) is 0 Å². The Morgan fingerprint density at radius 3 is 3.11 bits per heavy atom. The van der Waals surface area contributed by atoms with Crippen LogP contribution in [0.1, 0.15) is 37.3 Å². The molecule has 100 valence electrons. The van der Waals surface area contributed by atoms with Crippen molar-refractivity contribution in [3.63, 3.8) is 0 Å². The van der Waals surface area contributed by atoms with E-state index in [0.717, 1.165) is 38.8 Å². The van der Waals surface area contributed by atoms with Gasteiger partial charge in [0.25, 0.3) is 0 Å². The molecular weight excluding hydrogens is 226 g/mol. The van der Waals surface area contributed by atoms with Crippen molar-refractivity contribution in [3.8, 4) is 0 Å². The van der Waals surface area contributed by atoms with Crippen LogP contribution in [0.15, 0.2) is 12.5 Å². The number of nitrogens with one attached hydrogen (secondary N) is 1. The minimum absolute atomic E-state index is 0.629. The van der Waals surface area contributed by atoms with Gasteiger partial charge in [0, 0.05) is 37.5 Å². The SMILES string of the molecule is c1ncn(CCOCC2CC2)c1C1CCCNC1. The van der Waals surface area contributed by atoms with Crippen LogP contribution >= 0.6 is 0 Å². The van der Waals surface area contributed by atoms with Gasteiger partial charge < -0.3 is 14.6 Å². The molecule has 1 atom stereocenters. The molecule has 3 rings (SSSR count). The van der Waals surface area contributed by atoms with Gasteiger partial charge >= 0.3 is 0 Å². The summed E-state index contributed by atoms with van der Waals surface area (Å²) in [6, 6.07) is 0. The van der Waals surface area contributed by atoms with E-state index in [1.165, 1.54) is 31.4 Å². The number of hydrogen-bond donors (Lipinski definition) is 1. The van der Waals surface area contributed by atoms with Crippen LogP contribution in [0.4, 0.5) is 0 Å². The van der Waals surface area contributed by atoms with E-state index in [2.05, 4.69) is 14.9 Å². The molecule has 0 aromatic carbocycles. The molecule has 0 bridgehead atoms. The molecule has 0 radical (unpaired) electrons. The van der Waals surface area contributed by atoms with Crippen molar-refractivity contribution >= 4 is 0 Å². The highest BCUT2D eigenvalue weighted by molar-refractivity contribution is 5.08. The van der Waals surface area contributed by atoms with Crippen LogP contribution in [0.3, 0.4) is 0 Å².